The summed E-state index contributed by atoms with van der Waals surface area (Å²) in [6, 6.07) is 10.8. The molecule has 1 aliphatic heterocycles. The number of hydrogen-bond acceptors (Lipinski definition) is 2. The Balaban J connectivity index is 1.94. The van der Waals surface area contributed by atoms with Crippen molar-refractivity contribution in [3.8, 4) is 5.75 Å². The minimum Gasteiger partial charge on any atom is -0.485 e. The highest BCUT2D eigenvalue weighted by atomic mass is 19.1. The molecule has 0 amide bonds. The molecule has 104 valence electrons. The van der Waals surface area contributed by atoms with E-state index in [4.69, 9.17) is 4.74 Å². The SMILES string of the molecule is Cc1ccc2c(c1)[C@H](O)CC(c1ccc(F)c(C)c1)O2. The van der Waals surface area contributed by atoms with E-state index in [1.54, 1.807) is 19.1 Å². The Kier molecular flexibility index (Phi) is 3.22. The second-order valence-electron chi connectivity index (χ2n) is 5.41. The molecule has 2 aromatic rings. The monoisotopic (exact) mass is 272 g/mol. The fourth-order valence-electron chi connectivity index (χ4n) is 2.64. The van der Waals surface area contributed by atoms with Crippen molar-refractivity contribution in [2.75, 3.05) is 0 Å². The van der Waals surface area contributed by atoms with Gasteiger partial charge in [-0.2, -0.15) is 0 Å². The van der Waals surface area contributed by atoms with Crippen molar-refractivity contribution in [3.05, 3.63) is 64.5 Å². The van der Waals surface area contributed by atoms with E-state index in [-0.39, 0.29) is 11.9 Å². The number of ether oxygens (including phenoxy) is 1. The average molecular weight is 272 g/mol. The molecular formula is C17H17FO2. The maximum Gasteiger partial charge on any atom is 0.127 e. The summed E-state index contributed by atoms with van der Waals surface area (Å²) in [6.45, 7) is 3.72. The number of fused-ring (bicyclic) bond motifs is 1. The van der Waals surface area contributed by atoms with Crippen molar-refractivity contribution >= 4 is 0 Å². The number of aryl methyl sites for hydroxylation is 2. The normalized spacial score (nSPS) is 21.2. The van der Waals surface area contributed by atoms with Crippen molar-refractivity contribution < 1.29 is 14.2 Å². The van der Waals surface area contributed by atoms with Gasteiger partial charge in [-0.05, 0) is 49.2 Å². The van der Waals surface area contributed by atoms with E-state index in [2.05, 4.69) is 0 Å². The van der Waals surface area contributed by atoms with Crippen LogP contribution in [0, 0.1) is 19.7 Å². The minimum absolute atomic E-state index is 0.221. The Hall–Kier alpha value is -1.87. The number of rotatable bonds is 1. The molecule has 2 aromatic carbocycles. The molecule has 20 heavy (non-hydrogen) atoms. The van der Waals surface area contributed by atoms with Crippen molar-refractivity contribution in [2.45, 2.75) is 32.5 Å². The maximum atomic E-state index is 13.3. The van der Waals surface area contributed by atoms with Crippen LogP contribution in [-0.2, 0) is 0 Å². The molecule has 1 unspecified atom stereocenters. The number of aliphatic hydroxyl groups excluding tert-OH is 1. The predicted molar refractivity (Wildman–Crippen MR) is 75.3 cm³/mol. The largest absolute Gasteiger partial charge is 0.485 e. The van der Waals surface area contributed by atoms with E-state index < -0.39 is 6.10 Å². The Bertz CT molecular complexity index is 651. The van der Waals surface area contributed by atoms with Crippen LogP contribution in [0.15, 0.2) is 36.4 Å². The van der Waals surface area contributed by atoms with Crippen LogP contribution in [0.1, 0.15) is 40.9 Å². The van der Waals surface area contributed by atoms with E-state index in [9.17, 15) is 9.50 Å². The lowest BCUT2D eigenvalue weighted by Crippen LogP contribution is -2.19. The van der Waals surface area contributed by atoms with E-state index in [1.165, 1.54) is 6.07 Å². The summed E-state index contributed by atoms with van der Waals surface area (Å²) < 4.78 is 19.3. The first-order valence-electron chi connectivity index (χ1n) is 6.76. The molecule has 2 nitrogen and oxygen atoms in total. The lowest BCUT2D eigenvalue weighted by Gasteiger charge is -2.30. The van der Waals surface area contributed by atoms with Gasteiger partial charge in [0.25, 0.3) is 0 Å². The summed E-state index contributed by atoms with van der Waals surface area (Å²) in [4.78, 5) is 0. The number of benzene rings is 2. The van der Waals surface area contributed by atoms with Gasteiger partial charge in [-0.15, -0.1) is 0 Å². The van der Waals surface area contributed by atoms with Crippen LogP contribution in [0.3, 0.4) is 0 Å². The highest BCUT2D eigenvalue weighted by Crippen LogP contribution is 2.41. The maximum absolute atomic E-state index is 13.3. The summed E-state index contributed by atoms with van der Waals surface area (Å²) in [6.07, 6.45) is -0.296. The van der Waals surface area contributed by atoms with Gasteiger partial charge in [0.1, 0.15) is 17.7 Å². The molecule has 0 saturated heterocycles. The Labute approximate surface area is 117 Å². The molecule has 3 heteroatoms. The molecule has 3 rings (SSSR count). The molecule has 2 atom stereocenters. The number of aliphatic hydroxyl groups is 1. The molecule has 0 radical (unpaired) electrons. The van der Waals surface area contributed by atoms with Gasteiger partial charge in [0, 0.05) is 12.0 Å². The van der Waals surface area contributed by atoms with Crippen LogP contribution in [0.5, 0.6) is 5.75 Å². The first kappa shape index (κ1) is 13.1. The smallest absolute Gasteiger partial charge is 0.127 e. The molecule has 0 bridgehead atoms. The Morgan fingerprint density at radius 3 is 2.70 bits per heavy atom. The Morgan fingerprint density at radius 2 is 1.95 bits per heavy atom. The van der Waals surface area contributed by atoms with Gasteiger partial charge in [-0.1, -0.05) is 17.7 Å². The van der Waals surface area contributed by atoms with Crippen LogP contribution in [0.2, 0.25) is 0 Å². The summed E-state index contributed by atoms with van der Waals surface area (Å²) >= 11 is 0. The standard InChI is InChI=1S/C17H17FO2/c1-10-3-6-16-13(7-10)15(19)9-17(20-16)12-4-5-14(18)11(2)8-12/h3-8,15,17,19H,9H2,1-2H3/t15-,17?/m1/s1. The summed E-state index contributed by atoms with van der Waals surface area (Å²) in [5, 5.41) is 10.3. The van der Waals surface area contributed by atoms with Gasteiger partial charge in [-0.3, -0.25) is 0 Å². The molecule has 1 N–H and O–H groups in total. The van der Waals surface area contributed by atoms with Crippen LogP contribution < -0.4 is 4.74 Å². The van der Waals surface area contributed by atoms with Crippen molar-refractivity contribution in [1.82, 2.24) is 0 Å². The van der Waals surface area contributed by atoms with Gasteiger partial charge < -0.3 is 9.84 Å². The van der Waals surface area contributed by atoms with Crippen LogP contribution in [0.25, 0.3) is 0 Å². The van der Waals surface area contributed by atoms with E-state index in [0.29, 0.717) is 17.7 Å². The van der Waals surface area contributed by atoms with Gasteiger partial charge >= 0.3 is 0 Å². The van der Waals surface area contributed by atoms with E-state index in [1.807, 2.05) is 25.1 Å². The summed E-state index contributed by atoms with van der Waals surface area (Å²) in [7, 11) is 0. The third-order valence-electron chi connectivity index (χ3n) is 3.78. The fraction of sp³-hybridized carbons (Fsp3) is 0.294. The molecule has 1 aliphatic rings. The molecule has 0 saturated carbocycles. The van der Waals surface area contributed by atoms with Gasteiger partial charge in [0.15, 0.2) is 0 Å². The van der Waals surface area contributed by atoms with Crippen molar-refractivity contribution in [2.24, 2.45) is 0 Å². The lowest BCUT2D eigenvalue weighted by atomic mass is 9.93. The molecule has 0 spiro atoms. The number of hydrogen-bond donors (Lipinski definition) is 1. The summed E-state index contributed by atoms with van der Waals surface area (Å²) in [5.41, 5.74) is 3.42. The third kappa shape index (κ3) is 2.29. The van der Waals surface area contributed by atoms with E-state index in [0.717, 1.165) is 16.7 Å². The summed E-state index contributed by atoms with van der Waals surface area (Å²) in [5.74, 6) is 0.488. The first-order chi connectivity index (χ1) is 9.54. The van der Waals surface area contributed by atoms with Crippen LogP contribution >= 0.6 is 0 Å². The highest BCUT2D eigenvalue weighted by Gasteiger charge is 2.28. The van der Waals surface area contributed by atoms with Crippen molar-refractivity contribution in [3.63, 3.8) is 0 Å². The molecule has 1 heterocycles. The lowest BCUT2D eigenvalue weighted by molar-refractivity contribution is 0.0656. The minimum atomic E-state index is -0.547. The second kappa shape index (κ2) is 4.91. The molecule has 0 aromatic heterocycles. The molecule has 0 fully saturated rings. The van der Waals surface area contributed by atoms with Gasteiger partial charge in [0.05, 0.1) is 6.10 Å². The molecule has 0 aliphatic carbocycles. The average Bonchev–Trinajstić information content (AvgIpc) is 2.42. The quantitative estimate of drug-likeness (QED) is 0.850. The Morgan fingerprint density at radius 1 is 1.15 bits per heavy atom. The fourth-order valence-corrected chi connectivity index (χ4v) is 2.64. The second-order valence-corrected chi connectivity index (χ2v) is 5.41. The first-order valence-corrected chi connectivity index (χ1v) is 6.76. The van der Waals surface area contributed by atoms with Crippen molar-refractivity contribution in [1.29, 1.82) is 0 Å². The van der Waals surface area contributed by atoms with Crippen LogP contribution in [-0.4, -0.2) is 5.11 Å². The highest BCUT2D eigenvalue weighted by molar-refractivity contribution is 5.41. The zero-order valence-corrected chi connectivity index (χ0v) is 11.6. The third-order valence-corrected chi connectivity index (χ3v) is 3.78. The van der Waals surface area contributed by atoms with Gasteiger partial charge in [-0.25, -0.2) is 4.39 Å². The predicted octanol–water partition coefficient (Wildman–Crippen LogP) is 4.00. The zero-order valence-electron chi connectivity index (χ0n) is 11.6. The number of halogens is 1. The zero-order chi connectivity index (χ0) is 14.3. The molecular weight excluding hydrogens is 255 g/mol. The van der Waals surface area contributed by atoms with Crippen LogP contribution in [0.4, 0.5) is 4.39 Å². The van der Waals surface area contributed by atoms with E-state index >= 15 is 0 Å². The topological polar surface area (TPSA) is 29.5 Å². The van der Waals surface area contributed by atoms with Gasteiger partial charge in [0.2, 0.25) is 0 Å².